The van der Waals surface area contributed by atoms with Crippen LogP contribution in [0.3, 0.4) is 0 Å². The van der Waals surface area contributed by atoms with E-state index in [9.17, 15) is 30.4 Å². The highest BCUT2D eigenvalue weighted by atomic mass is 32.2. The Labute approximate surface area is 209 Å². The van der Waals surface area contributed by atoms with Gasteiger partial charge in [-0.05, 0) is 61.4 Å². The first-order valence-electron chi connectivity index (χ1n) is 11.0. The smallest absolute Gasteiger partial charge is 0.372 e. The van der Waals surface area contributed by atoms with Crippen molar-refractivity contribution < 1.29 is 35.1 Å². The molecule has 1 saturated heterocycles. The molecule has 5 nitrogen and oxygen atoms in total. The third kappa shape index (κ3) is 5.60. The van der Waals surface area contributed by atoms with E-state index in [1.807, 2.05) is 30.3 Å². The quantitative estimate of drug-likeness (QED) is 0.255. The third-order valence-electron chi connectivity index (χ3n) is 6.19. The molecule has 36 heavy (non-hydrogen) atoms. The summed E-state index contributed by atoms with van der Waals surface area (Å²) in [6.07, 6.45) is -5.52. The predicted molar refractivity (Wildman–Crippen MR) is 125 cm³/mol. The molecule has 0 bridgehead atoms. The molecule has 0 amide bonds. The van der Waals surface area contributed by atoms with Crippen molar-refractivity contribution in [2.75, 3.05) is 6.61 Å². The maximum Gasteiger partial charge on any atom is 0.416 e. The van der Waals surface area contributed by atoms with Crippen LogP contribution in [0, 0.1) is 0 Å². The Bertz CT molecular complexity index is 1310. The molecule has 2 heterocycles. The Balaban J connectivity index is 1.68. The molecule has 3 aromatic rings. The first kappa shape index (κ1) is 26.6. The number of alkyl halides is 5. The fourth-order valence-electron chi connectivity index (χ4n) is 4.23. The summed E-state index contributed by atoms with van der Waals surface area (Å²) in [5.41, 5.74) is 0.225. The lowest BCUT2D eigenvalue weighted by Crippen LogP contribution is -2.42. The first-order valence-corrected chi connectivity index (χ1v) is 13.4. The van der Waals surface area contributed by atoms with E-state index in [1.165, 1.54) is 17.7 Å². The van der Waals surface area contributed by atoms with Gasteiger partial charge in [-0.25, -0.2) is 8.42 Å². The number of hydrogen-bond donors (Lipinski definition) is 0. The number of thioether (sulfide) groups is 1. The molecule has 1 fully saturated rings. The molecule has 2 unspecified atom stereocenters. The van der Waals surface area contributed by atoms with Crippen molar-refractivity contribution >= 4 is 21.6 Å². The summed E-state index contributed by atoms with van der Waals surface area (Å²) < 4.78 is 98.7. The number of rotatable bonds is 7. The molecule has 12 heteroatoms. The van der Waals surface area contributed by atoms with E-state index in [1.54, 1.807) is 0 Å². The first-order chi connectivity index (χ1) is 16.9. The fraction of sp³-hybridized carbons (Fsp3) is 0.375. The lowest BCUT2D eigenvalue weighted by Gasteiger charge is -2.37. The monoisotopic (exact) mass is 546 g/mol. The van der Waals surface area contributed by atoms with Crippen LogP contribution in [0.2, 0.25) is 0 Å². The Morgan fingerprint density at radius 2 is 1.86 bits per heavy atom. The van der Waals surface area contributed by atoms with Gasteiger partial charge < -0.3 is 4.74 Å². The summed E-state index contributed by atoms with van der Waals surface area (Å²) in [6.45, 7) is 1.75. The number of benzene rings is 2. The van der Waals surface area contributed by atoms with Gasteiger partial charge in [0.1, 0.15) is 11.1 Å². The van der Waals surface area contributed by atoms with Gasteiger partial charge in [-0.3, -0.25) is 4.68 Å². The van der Waals surface area contributed by atoms with Gasteiger partial charge in [0.05, 0.1) is 27.4 Å². The van der Waals surface area contributed by atoms with Crippen molar-refractivity contribution in [1.82, 2.24) is 9.78 Å². The van der Waals surface area contributed by atoms with Gasteiger partial charge in [0.2, 0.25) is 0 Å². The van der Waals surface area contributed by atoms with E-state index in [0.29, 0.717) is 11.8 Å². The number of hydrogen-bond acceptors (Lipinski definition) is 5. The predicted octanol–water partition coefficient (Wildman–Crippen LogP) is 6.35. The Hall–Kier alpha value is -2.44. The fourth-order valence-corrected chi connectivity index (χ4v) is 6.57. The van der Waals surface area contributed by atoms with Crippen LogP contribution in [0.1, 0.15) is 42.7 Å². The molecule has 0 radical (unpaired) electrons. The molecular weight excluding hydrogens is 523 g/mol. The van der Waals surface area contributed by atoms with Gasteiger partial charge in [0.25, 0.3) is 5.76 Å². The van der Waals surface area contributed by atoms with Crippen LogP contribution in [0.5, 0.6) is 0 Å². The van der Waals surface area contributed by atoms with E-state index in [-0.39, 0.29) is 42.8 Å². The zero-order valence-corrected chi connectivity index (χ0v) is 20.7. The van der Waals surface area contributed by atoms with Crippen LogP contribution in [0.25, 0.3) is 0 Å². The molecule has 0 saturated carbocycles. The molecule has 2 aromatic carbocycles. The summed E-state index contributed by atoms with van der Waals surface area (Å²) in [4.78, 5) is -0.424. The Kier molecular flexibility index (Phi) is 7.50. The molecule has 1 aromatic heterocycles. The van der Waals surface area contributed by atoms with Gasteiger partial charge in [0.15, 0.2) is 9.84 Å². The topological polar surface area (TPSA) is 61.2 Å². The van der Waals surface area contributed by atoms with Crippen LogP contribution in [0.4, 0.5) is 22.0 Å². The summed E-state index contributed by atoms with van der Waals surface area (Å²) in [6, 6.07) is 14.3. The highest BCUT2D eigenvalue weighted by Crippen LogP contribution is 2.43. The minimum atomic E-state index is -4.69. The SMILES string of the molecule is CC1(S(=O)(=O)c2cccc(C(F)(F)F)c2)CCOC(c2cc(SC(F)F)nn2Cc2ccccc2)C1. The zero-order valence-electron chi connectivity index (χ0n) is 19.1. The summed E-state index contributed by atoms with van der Waals surface area (Å²) in [5.74, 6) is -2.70. The maximum atomic E-state index is 13.5. The number of ether oxygens (including phenoxy) is 1. The van der Waals surface area contributed by atoms with Crippen LogP contribution in [-0.4, -0.2) is 35.3 Å². The number of aromatic nitrogens is 2. The van der Waals surface area contributed by atoms with Gasteiger partial charge in [-0.2, -0.15) is 27.1 Å². The summed E-state index contributed by atoms with van der Waals surface area (Å²) >= 11 is 0.269. The number of sulfone groups is 1. The van der Waals surface area contributed by atoms with Crippen LogP contribution in [-0.2, 0) is 27.3 Å². The minimum Gasteiger partial charge on any atom is -0.372 e. The lowest BCUT2D eigenvalue weighted by molar-refractivity contribution is -0.137. The van der Waals surface area contributed by atoms with Crippen LogP contribution >= 0.6 is 11.8 Å². The van der Waals surface area contributed by atoms with Gasteiger partial charge in [0, 0.05) is 6.61 Å². The van der Waals surface area contributed by atoms with Crippen molar-refractivity contribution in [3.8, 4) is 0 Å². The third-order valence-corrected chi connectivity index (χ3v) is 9.35. The number of halogens is 5. The molecule has 0 N–H and O–H groups in total. The van der Waals surface area contributed by atoms with Crippen molar-refractivity contribution in [3.63, 3.8) is 0 Å². The average Bonchev–Trinajstić information content (AvgIpc) is 3.20. The Morgan fingerprint density at radius 1 is 1.14 bits per heavy atom. The highest BCUT2D eigenvalue weighted by molar-refractivity contribution is 7.99. The van der Waals surface area contributed by atoms with Crippen molar-refractivity contribution in [2.45, 2.75) is 59.0 Å². The van der Waals surface area contributed by atoms with Crippen molar-refractivity contribution in [1.29, 1.82) is 0 Å². The second-order valence-electron chi connectivity index (χ2n) is 8.72. The van der Waals surface area contributed by atoms with Crippen LogP contribution in [0.15, 0.2) is 70.6 Å². The Morgan fingerprint density at radius 3 is 2.53 bits per heavy atom. The summed E-state index contributed by atoms with van der Waals surface area (Å²) in [7, 11) is -4.20. The highest BCUT2D eigenvalue weighted by Gasteiger charge is 2.46. The summed E-state index contributed by atoms with van der Waals surface area (Å²) in [5, 5.41) is 4.34. The van der Waals surface area contributed by atoms with Crippen molar-refractivity contribution in [2.24, 2.45) is 0 Å². The molecule has 1 aliphatic rings. The van der Waals surface area contributed by atoms with E-state index < -0.39 is 43.1 Å². The largest absolute Gasteiger partial charge is 0.416 e. The zero-order chi connectivity index (χ0) is 26.1. The minimum absolute atomic E-state index is 0.0210. The van der Waals surface area contributed by atoms with E-state index >= 15 is 0 Å². The molecule has 194 valence electrons. The normalized spacial score (nSPS) is 21.1. The van der Waals surface area contributed by atoms with E-state index in [2.05, 4.69) is 5.10 Å². The van der Waals surface area contributed by atoms with Gasteiger partial charge in [-0.15, -0.1) is 0 Å². The standard InChI is InChI=1S/C24H23F5N2O3S2/c1-23(36(32,33)18-9-5-8-17(12-18)24(27,28)29)10-11-34-20(14-23)19-13-21(35-22(25)26)30-31(19)15-16-6-3-2-4-7-16/h2-9,12-13,20,22H,10-11,14-15H2,1H3. The number of nitrogens with zero attached hydrogens (tertiary/aromatic N) is 2. The van der Waals surface area contributed by atoms with Gasteiger partial charge >= 0.3 is 6.18 Å². The van der Waals surface area contributed by atoms with Crippen molar-refractivity contribution in [3.05, 3.63) is 77.5 Å². The molecule has 0 spiro atoms. The molecular formula is C24H23F5N2O3S2. The second-order valence-corrected chi connectivity index (χ2v) is 12.2. The second kappa shape index (κ2) is 10.1. The molecule has 4 rings (SSSR count). The molecule has 2 atom stereocenters. The van der Waals surface area contributed by atoms with Gasteiger partial charge in [-0.1, -0.05) is 36.4 Å². The van der Waals surface area contributed by atoms with E-state index in [0.717, 1.165) is 23.8 Å². The molecule has 1 aliphatic heterocycles. The lowest BCUT2D eigenvalue weighted by atomic mass is 9.94. The average molecular weight is 547 g/mol. The maximum absolute atomic E-state index is 13.5. The molecule has 0 aliphatic carbocycles. The van der Waals surface area contributed by atoms with Crippen LogP contribution < -0.4 is 0 Å². The van der Waals surface area contributed by atoms with E-state index in [4.69, 9.17) is 4.74 Å².